The maximum Gasteiger partial charge on any atom is 0.188 e. The highest BCUT2D eigenvalue weighted by Crippen LogP contribution is 2.39. The van der Waals surface area contributed by atoms with Crippen LogP contribution in [0.4, 0.5) is 0 Å². The number of fused-ring (bicyclic) bond motifs is 1. The maximum absolute atomic E-state index is 4.78. The lowest BCUT2D eigenvalue weighted by Gasteiger charge is -2.47. The van der Waals surface area contributed by atoms with Crippen molar-refractivity contribution < 1.29 is 0 Å². The number of piperidine rings is 1. The molecule has 3 unspecified atom stereocenters. The monoisotopic (exact) mass is 328 g/mol. The van der Waals surface area contributed by atoms with Crippen LogP contribution in [0.5, 0.6) is 0 Å². The van der Waals surface area contributed by atoms with Gasteiger partial charge < -0.3 is 0 Å². The van der Waals surface area contributed by atoms with E-state index in [9.17, 15) is 0 Å². The SMILES string of the molecule is CC1CCN(Cc2csc(-c3ncccn3)n2)C2CCCCC12. The quantitative estimate of drug-likeness (QED) is 0.854. The van der Waals surface area contributed by atoms with Crippen LogP contribution < -0.4 is 0 Å². The van der Waals surface area contributed by atoms with Gasteiger partial charge in [0.25, 0.3) is 0 Å². The Morgan fingerprint density at radius 3 is 2.87 bits per heavy atom. The molecule has 1 aliphatic carbocycles. The molecule has 1 saturated carbocycles. The van der Waals surface area contributed by atoms with Gasteiger partial charge in [-0.25, -0.2) is 15.0 Å². The Hall–Kier alpha value is -1.33. The Labute approximate surface area is 142 Å². The summed E-state index contributed by atoms with van der Waals surface area (Å²) >= 11 is 1.66. The fourth-order valence-corrected chi connectivity index (χ4v) is 5.06. The predicted molar refractivity (Wildman–Crippen MR) is 93.1 cm³/mol. The molecule has 0 spiro atoms. The summed E-state index contributed by atoms with van der Waals surface area (Å²) in [5.74, 6) is 2.53. The first-order valence-corrected chi connectivity index (χ1v) is 9.65. The summed E-state index contributed by atoms with van der Waals surface area (Å²) in [5, 5.41) is 3.12. The van der Waals surface area contributed by atoms with Gasteiger partial charge in [-0.1, -0.05) is 19.8 Å². The van der Waals surface area contributed by atoms with Crippen LogP contribution in [0, 0.1) is 11.8 Å². The minimum atomic E-state index is 0.742. The average molecular weight is 328 g/mol. The van der Waals surface area contributed by atoms with E-state index in [1.165, 1.54) is 44.3 Å². The minimum absolute atomic E-state index is 0.742. The lowest BCUT2D eigenvalue weighted by molar-refractivity contribution is 0.0197. The number of hydrogen-bond acceptors (Lipinski definition) is 5. The fourth-order valence-electron chi connectivity index (χ4n) is 4.30. The van der Waals surface area contributed by atoms with Crippen molar-refractivity contribution in [3.05, 3.63) is 29.5 Å². The van der Waals surface area contributed by atoms with Crippen molar-refractivity contribution >= 4 is 11.3 Å². The van der Waals surface area contributed by atoms with Gasteiger partial charge in [0, 0.05) is 30.4 Å². The largest absolute Gasteiger partial charge is 0.294 e. The zero-order valence-electron chi connectivity index (χ0n) is 13.7. The lowest BCUT2D eigenvalue weighted by Crippen LogP contribution is -2.49. The number of thiazole rings is 1. The molecule has 4 nitrogen and oxygen atoms in total. The lowest BCUT2D eigenvalue weighted by atomic mass is 9.72. The standard InChI is InChI=1S/C18H24N4S/c1-13-7-10-22(16-6-3-2-5-15(13)16)11-14-12-23-18(21-14)17-19-8-4-9-20-17/h4,8-9,12-13,15-16H,2-3,5-7,10-11H2,1H3. The zero-order valence-corrected chi connectivity index (χ0v) is 14.5. The summed E-state index contributed by atoms with van der Waals surface area (Å²) in [4.78, 5) is 16.1. The summed E-state index contributed by atoms with van der Waals surface area (Å²) < 4.78 is 0. The first-order chi connectivity index (χ1) is 11.3. The zero-order chi connectivity index (χ0) is 15.6. The molecule has 0 radical (unpaired) electrons. The first kappa shape index (κ1) is 15.2. The molecule has 122 valence electrons. The molecule has 3 heterocycles. The summed E-state index contributed by atoms with van der Waals surface area (Å²) in [7, 11) is 0. The third kappa shape index (κ3) is 3.17. The van der Waals surface area contributed by atoms with E-state index in [1.54, 1.807) is 23.7 Å². The molecule has 0 amide bonds. The third-order valence-corrected chi connectivity index (χ3v) is 6.41. The molecule has 2 aromatic heterocycles. The van der Waals surface area contributed by atoms with Crippen molar-refractivity contribution in [3.63, 3.8) is 0 Å². The molecule has 2 fully saturated rings. The van der Waals surface area contributed by atoms with E-state index in [0.29, 0.717) is 0 Å². The van der Waals surface area contributed by atoms with Crippen molar-refractivity contribution in [3.8, 4) is 10.8 Å². The number of aromatic nitrogens is 3. The van der Waals surface area contributed by atoms with Gasteiger partial charge in [-0.05, 0) is 43.7 Å². The van der Waals surface area contributed by atoms with E-state index in [4.69, 9.17) is 4.98 Å². The van der Waals surface area contributed by atoms with Gasteiger partial charge in [0.05, 0.1) is 5.69 Å². The molecule has 1 saturated heterocycles. The van der Waals surface area contributed by atoms with Crippen molar-refractivity contribution in [2.24, 2.45) is 11.8 Å². The molecule has 5 heteroatoms. The van der Waals surface area contributed by atoms with Crippen molar-refractivity contribution in [1.29, 1.82) is 0 Å². The first-order valence-electron chi connectivity index (χ1n) is 8.77. The highest BCUT2D eigenvalue weighted by molar-refractivity contribution is 7.13. The van der Waals surface area contributed by atoms with E-state index >= 15 is 0 Å². The van der Waals surface area contributed by atoms with Gasteiger partial charge >= 0.3 is 0 Å². The van der Waals surface area contributed by atoms with E-state index in [2.05, 4.69) is 27.2 Å². The van der Waals surface area contributed by atoms with Crippen LogP contribution in [0.15, 0.2) is 23.8 Å². The molecule has 3 atom stereocenters. The molecular formula is C18H24N4S. The normalized spacial score (nSPS) is 28.5. The van der Waals surface area contributed by atoms with E-state index in [1.807, 2.05) is 6.07 Å². The van der Waals surface area contributed by atoms with Crippen molar-refractivity contribution in [2.45, 2.75) is 51.6 Å². The smallest absolute Gasteiger partial charge is 0.188 e. The van der Waals surface area contributed by atoms with Gasteiger partial charge in [0.2, 0.25) is 0 Å². The highest BCUT2D eigenvalue weighted by atomic mass is 32.1. The van der Waals surface area contributed by atoms with Crippen LogP contribution >= 0.6 is 11.3 Å². The van der Waals surface area contributed by atoms with Crippen LogP contribution in [-0.2, 0) is 6.54 Å². The van der Waals surface area contributed by atoms with Crippen molar-refractivity contribution in [2.75, 3.05) is 6.54 Å². The number of likely N-dealkylation sites (tertiary alicyclic amines) is 1. The Balaban J connectivity index is 1.48. The Morgan fingerprint density at radius 2 is 2.00 bits per heavy atom. The third-order valence-electron chi connectivity index (χ3n) is 5.53. The average Bonchev–Trinajstić information content (AvgIpc) is 3.07. The van der Waals surface area contributed by atoms with Gasteiger partial charge in [-0.2, -0.15) is 0 Å². The highest BCUT2D eigenvalue weighted by Gasteiger charge is 2.37. The Bertz CT molecular complexity index is 641. The molecule has 2 aromatic rings. The van der Waals surface area contributed by atoms with Crippen LogP contribution in [-0.4, -0.2) is 32.4 Å². The second kappa shape index (κ2) is 6.65. The summed E-state index contributed by atoms with van der Waals surface area (Å²) in [6, 6.07) is 2.61. The number of nitrogens with zero attached hydrogens (tertiary/aromatic N) is 4. The second-order valence-electron chi connectivity index (χ2n) is 6.97. The topological polar surface area (TPSA) is 41.9 Å². The van der Waals surface area contributed by atoms with Gasteiger partial charge in [-0.3, -0.25) is 4.90 Å². The predicted octanol–water partition coefficient (Wildman–Crippen LogP) is 4.00. The molecule has 2 aliphatic rings. The van der Waals surface area contributed by atoms with E-state index in [-0.39, 0.29) is 0 Å². The number of hydrogen-bond donors (Lipinski definition) is 0. The molecule has 4 rings (SSSR count). The van der Waals surface area contributed by atoms with Crippen molar-refractivity contribution in [1.82, 2.24) is 19.9 Å². The van der Waals surface area contributed by atoms with Crippen LogP contribution in [0.1, 0.15) is 44.7 Å². The molecule has 23 heavy (non-hydrogen) atoms. The summed E-state index contributed by atoms with van der Waals surface area (Å²) in [6.45, 7) is 4.66. The molecule has 0 N–H and O–H groups in total. The van der Waals surface area contributed by atoms with Crippen LogP contribution in [0.25, 0.3) is 10.8 Å². The Morgan fingerprint density at radius 1 is 1.17 bits per heavy atom. The molecule has 0 aromatic carbocycles. The summed E-state index contributed by atoms with van der Waals surface area (Å²) in [6.07, 6.45) is 10.5. The Kier molecular flexibility index (Phi) is 4.40. The minimum Gasteiger partial charge on any atom is -0.294 e. The second-order valence-corrected chi connectivity index (χ2v) is 7.83. The molecule has 0 bridgehead atoms. The molecule has 1 aliphatic heterocycles. The summed E-state index contributed by atoms with van der Waals surface area (Å²) in [5.41, 5.74) is 1.18. The van der Waals surface area contributed by atoms with Crippen LogP contribution in [0.3, 0.4) is 0 Å². The number of rotatable bonds is 3. The fraction of sp³-hybridized carbons (Fsp3) is 0.611. The maximum atomic E-state index is 4.78. The van der Waals surface area contributed by atoms with Gasteiger partial charge in [0.1, 0.15) is 0 Å². The van der Waals surface area contributed by atoms with Gasteiger partial charge in [-0.15, -0.1) is 11.3 Å². The van der Waals surface area contributed by atoms with Crippen LogP contribution in [0.2, 0.25) is 0 Å². The van der Waals surface area contributed by atoms with E-state index in [0.717, 1.165) is 35.3 Å². The van der Waals surface area contributed by atoms with Gasteiger partial charge in [0.15, 0.2) is 10.8 Å². The molecular weight excluding hydrogens is 304 g/mol. The van der Waals surface area contributed by atoms with E-state index < -0.39 is 0 Å².